The standard InChI is InChI=1S/C7H13N3O2S2/c8-2-1-5-14(11,12)10-6-7-9-3-4-13-7/h3-4,10H,1-2,5-6,8H2. The zero-order valence-electron chi connectivity index (χ0n) is 7.64. The molecular weight excluding hydrogens is 222 g/mol. The van der Waals surface area contributed by atoms with Crippen molar-refractivity contribution in [3.05, 3.63) is 16.6 Å². The van der Waals surface area contributed by atoms with Gasteiger partial charge in [0.1, 0.15) is 5.01 Å². The van der Waals surface area contributed by atoms with E-state index < -0.39 is 10.0 Å². The Hall–Kier alpha value is -0.500. The Morgan fingerprint density at radius 1 is 1.57 bits per heavy atom. The van der Waals surface area contributed by atoms with Crippen LogP contribution in [0.15, 0.2) is 11.6 Å². The van der Waals surface area contributed by atoms with Gasteiger partial charge in [-0.05, 0) is 13.0 Å². The van der Waals surface area contributed by atoms with Crippen LogP contribution in [0.25, 0.3) is 0 Å². The maximum absolute atomic E-state index is 11.3. The van der Waals surface area contributed by atoms with Gasteiger partial charge >= 0.3 is 0 Å². The number of nitrogens with two attached hydrogens (primary N) is 1. The SMILES string of the molecule is NCCCS(=O)(=O)NCc1nccs1. The molecule has 1 aromatic rings. The van der Waals surface area contributed by atoms with Gasteiger partial charge in [-0.15, -0.1) is 11.3 Å². The zero-order valence-corrected chi connectivity index (χ0v) is 9.27. The Balaban J connectivity index is 2.37. The molecule has 0 fully saturated rings. The molecule has 0 saturated heterocycles. The second-order valence-corrected chi connectivity index (χ2v) is 5.61. The number of nitrogens with one attached hydrogen (secondary N) is 1. The summed E-state index contributed by atoms with van der Waals surface area (Å²) in [6.45, 7) is 0.655. The van der Waals surface area contributed by atoms with Gasteiger partial charge in [0.2, 0.25) is 10.0 Å². The summed E-state index contributed by atoms with van der Waals surface area (Å²) in [5.74, 6) is 0.0782. The van der Waals surface area contributed by atoms with E-state index in [1.165, 1.54) is 11.3 Å². The molecule has 0 amide bonds. The maximum atomic E-state index is 11.3. The molecule has 1 heterocycles. The average molecular weight is 235 g/mol. The summed E-state index contributed by atoms with van der Waals surface area (Å²) in [7, 11) is -3.18. The number of hydrogen-bond donors (Lipinski definition) is 2. The molecule has 80 valence electrons. The third-order valence-electron chi connectivity index (χ3n) is 1.54. The molecule has 14 heavy (non-hydrogen) atoms. The molecule has 0 unspecified atom stereocenters. The molecule has 0 aliphatic carbocycles. The van der Waals surface area contributed by atoms with Gasteiger partial charge < -0.3 is 5.73 Å². The van der Waals surface area contributed by atoms with Gasteiger partial charge in [0, 0.05) is 11.6 Å². The molecule has 0 spiro atoms. The van der Waals surface area contributed by atoms with Crippen molar-refractivity contribution in [3.8, 4) is 0 Å². The summed E-state index contributed by atoms with van der Waals surface area (Å²) in [6, 6.07) is 0. The van der Waals surface area contributed by atoms with Crippen molar-refractivity contribution in [2.24, 2.45) is 5.73 Å². The number of rotatable bonds is 6. The summed E-state index contributed by atoms with van der Waals surface area (Å²) < 4.78 is 25.1. The summed E-state index contributed by atoms with van der Waals surface area (Å²) >= 11 is 1.42. The van der Waals surface area contributed by atoms with Crippen LogP contribution < -0.4 is 10.5 Å². The molecule has 0 atom stereocenters. The third kappa shape index (κ3) is 4.14. The van der Waals surface area contributed by atoms with Gasteiger partial charge in [-0.25, -0.2) is 18.1 Å². The average Bonchev–Trinajstić information content (AvgIpc) is 2.64. The molecule has 5 nitrogen and oxygen atoms in total. The number of sulfonamides is 1. The van der Waals surface area contributed by atoms with Crippen LogP contribution in [0.5, 0.6) is 0 Å². The predicted octanol–water partition coefficient (Wildman–Crippen LogP) is -0.0887. The molecule has 1 aromatic heterocycles. The number of nitrogens with zero attached hydrogens (tertiary/aromatic N) is 1. The Kier molecular flexibility index (Phi) is 4.46. The van der Waals surface area contributed by atoms with Crippen LogP contribution in [0.1, 0.15) is 11.4 Å². The molecular formula is C7H13N3O2S2. The van der Waals surface area contributed by atoms with Crippen molar-refractivity contribution in [2.75, 3.05) is 12.3 Å². The molecule has 0 aliphatic rings. The first-order valence-electron chi connectivity index (χ1n) is 4.20. The van der Waals surface area contributed by atoms with Crippen molar-refractivity contribution in [1.29, 1.82) is 0 Å². The van der Waals surface area contributed by atoms with E-state index >= 15 is 0 Å². The highest BCUT2D eigenvalue weighted by molar-refractivity contribution is 7.89. The van der Waals surface area contributed by atoms with E-state index in [0.717, 1.165) is 5.01 Å². The Bertz CT molecular complexity index is 347. The molecule has 0 bridgehead atoms. The third-order valence-corrected chi connectivity index (χ3v) is 3.73. The minimum atomic E-state index is -3.18. The monoisotopic (exact) mass is 235 g/mol. The van der Waals surface area contributed by atoms with E-state index in [-0.39, 0.29) is 12.3 Å². The fourth-order valence-electron chi connectivity index (χ4n) is 0.857. The fourth-order valence-corrected chi connectivity index (χ4v) is 2.55. The van der Waals surface area contributed by atoms with Crippen LogP contribution in [-0.4, -0.2) is 25.7 Å². The zero-order chi connectivity index (χ0) is 10.4. The van der Waals surface area contributed by atoms with E-state index in [1.807, 2.05) is 5.38 Å². The van der Waals surface area contributed by atoms with E-state index in [0.29, 0.717) is 13.0 Å². The lowest BCUT2D eigenvalue weighted by Gasteiger charge is -2.03. The van der Waals surface area contributed by atoms with E-state index in [4.69, 9.17) is 5.73 Å². The smallest absolute Gasteiger partial charge is 0.212 e. The largest absolute Gasteiger partial charge is 0.330 e. The lowest BCUT2D eigenvalue weighted by atomic mass is 10.5. The van der Waals surface area contributed by atoms with Gasteiger partial charge in [0.15, 0.2) is 0 Å². The molecule has 1 rings (SSSR count). The van der Waals surface area contributed by atoms with E-state index in [9.17, 15) is 8.42 Å². The van der Waals surface area contributed by atoms with Crippen molar-refractivity contribution in [2.45, 2.75) is 13.0 Å². The van der Waals surface area contributed by atoms with Crippen LogP contribution in [0.3, 0.4) is 0 Å². The molecule has 7 heteroatoms. The van der Waals surface area contributed by atoms with Gasteiger partial charge in [-0.3, -0.25) is 0 Å². The predicted molar refractivity (Wildman–Crippen MR) is 56.4 cm³/mol. The highest BCUT2D eigenvalue weighted by atomic mass is 32.2. The van der Waals surface area contributed by atoms with Crippen LogP contribution in [0, 0.1) is 0 Å². The lowest BCUT2D eigenvalue weighted by molar-refractivity contribution is 0.578. The Morgan fingerprint density at radius 2 is 2.36 bits per heavy atom. The van der Waals surface area contributed by atoms with Crippen molar-refractivity contribution in [3.63, 3.8) is 0 Å². The Morgan fingerprint density at radius 3 is 2.93 bits per heavy atom. The van der Waals surface area contributed by atoms with E-state index in [2.05, 4.69) is 9.71 Å². The quantitative estimate of drug-likeness (QED) is 0.721. The molecule has 0 aliphatic heterocycles. The molecule has 0 aromatic carbocycles. The number of thiazole rings is 1. The van der Waals surface area contributed by atoms with Crippen LogP contribution in [-0.2, 0) is 16.6 Å². The van der Waals surface area contributed by atoms with Gasteiger partial charge in [0.25, 0.3) is 0 Å². The summed E-state index contributed by atoms with van der Waals surface area (Å²) in [5, 5.41) is 2.57. The molecule has 0 radical (unpaired) electrons. The van der Waals surface area contributed by atoms with Crippen LogP contribution >= 0.6 is 11.3 Å². The highest BCUT2D eigenvalue weighted by Crippen LogP contribution is 2.03. The first kappa shape index (κ1) is 11.6. The number of hydrogen-bond acceptors (Lipinski definition) is 5. The second kappa shape index (κ2) is 5.40. The molecule has 0 saturated carbocycles. The summed E-state index contributed by atoms with van der Waals surface area (Å²) in [6.07, 6.45) is 2.13. The highest BCUT2D eigenvalue weighted by Gasteiger charge is 2.09. The first-order valence-corrected chi connectivity index (χ1v) is 6.73. The van der Waals surface area contributed by atoms with Crippen molar-refractivity contribution < 1.29 is 8.42 Å². The maximum Gasteiger partial charge on any atom is 0.212 e. The topological polar surface area (TPSA) is 85.1 Å². The number of aromatic nitrogens is 1. The summed E-state index contributed by atoms with van der Waals surface area (Å²) in [4.78, 5) is 3.97. The lowest BCUT2D eigenvalue weighted by Crippen LogP contribution is -2.26. The van der Waals surface area contributed by atoms with Crippen LogP contribution in [0.4, 0.5) is 0 Å². The van der Waals surface area contributed by atoms with Crippen molar-refractivity contribution in [1.82, 2.24) is 9.71 Å². The Labute approximate surface area is 87.4 Å². The molecule has 3 N–H and O–H groups in total. The first-order chi connectivity index (χ1) is 6.64. The van der Waals surface area contributed by atoms with Crippen molar-refractivity contribution >= 4 is 21.4 Å². The van der Waals surface area contributed by atoms with E-state index in [1.54, 1.807) is 6.20 Å². The minimum absolute atomic E-state index is 0.0782. The normalized spacial score (nSPS) is 11.8. The minimum Gasteiger partial charge on any atom is -0.330 e. The summed E-state index contributed by atoms with van der Waals surface area (Å²) in [5.41, 5.74) is 5.22. The fraction of sp³-hybridized carbons (Fsp3) is 0.571. The van der Waals surface area contributed by atoms with Crippen LogP contribution in [0.2, 0.25) is 0 Å². The van der Waals surface area contributed by atoms with Gasteiger partial charge in [0.05, 0.1) is 12.3 Å². The van der Waals surface area contributed by atoms with Gasteiger partial charge in [-0.2, -0.15) is 0 Å². The second-order valence-electron chi connectivity index (χ2n) is 2.71. The van der Waals surface area contributed by atoms with Gasteiger partial charge in [-0.1, -0.05) is 0 Å².